The quantitative estimate of drug-likeness (QED) is 0.354. The van der Waals surface area contributed by atoms with Crippen LogP contribution in [0.2, 0.25) is 0 Å². The lowest BCUT2D eigenvalue weighted by atomic mass is 10.1. The van der Waals surface area contributed by atoms with Crippen molar-refractivity contribution in [2.75, 3.05) is 20.8 Å². The van der Waals surface area contributed by atoms with Gasteiger partial charge in [0.25, 0.3) is 5.91 Å². The molecule has 0 aromatic heterocycles. The molecule has 0 heterocycles. The zero-order valence-corrected chi connectivity index (χ0v) is 20.1. The lowest BCUT2D eigenvalue weighted by Gasteiger charge is -2.21. The number of benzene rings is 3. The molecule has 3 aromatic rings. The van der Waals surface area contributed by atoms with E-state index in [9.17, 15) is 13.2 Å². The number of para-hydroxylation sites is 1. The second-order valence-corrected chi connectivity index (χ2v) is 9.39. The average Bonchev–Trinajstić information content (AvgIpc) is 2.85. The summed E-state index contributed by atoms with van der Waals surface area (Å²) < 4.78 is 38.3. The summed E-state index contributed by atoms with van der Waals surface area (Å²) in [6.45, 7) is 1.58. The van der Waals surface area contributed by atoms with Crippen LogP contribution in [0.5, 0.6) is 11.5 Å². The summed E-state index contributed by atoms with van der Waals surface area (Å²) in [5, 5.41) is 3.97. The second kappa shape index (κ2) is 11.4. The molecule has 1 amide bonds. The van der Waals surface area contributed by atoms with Crippen LogP contribution < -0.4 is 14.9 Å². The predicted octanol–water partition coefficient (Wildman–Crippen LogP) is 3.35. The first-order valence-corrected chi connectivity index (χ1v) is 11.9. The number of carbonyl (C=O) groups excluding carboxylic acids is 1. The summed E-state index contributed by atoms with van der Waals surface area (Å²) in [7, 11) is -0.888. The highest BCUT2D eigenvalue weighted by atomic mass is 32.2. The largest absolute Gasteiger partial charge is 0.493 e. The first kappa shape index (κ1) is 24.9. The molecule has 0 saturated carbocycles. The number of aryl methyl sites for hydroxylation is 1. The van der Waals surface area contributed by atoms with Gasteiger partial charge in [-0.25, -0.2) is 13.8 Å². The summed E-state index contributed by atoms with van der Waals surface area (Å²) in [6, 6.07) is 20.8. The molecule has 0 aliphatic heterocycles. The third-order valence-corrected chi connectivity index (χ3v) is 6.81. The molecular formula is C25H27N3O5S. The lowest BCUT2D eigenvalue weighted by Crippen LogP contribution is -2.39. The molecule has 3 rings (SSSR count). The van der Waals surface area contributed by atoms with Crippen LogP contribution >= 0.6 is 0 Å². The molecule has 0 radical (unpaired) electrons. The van der Waals surface area contributed by atoms with E-state index >= 15 is 0 Å². The molecule has 8 nitrogen and oxygen atoms in total. The van der Waals surface area contributed by atoms with Crippen molar-refractivity contribution < 1.29 is 22.7 Å². The Bertz CT molecular complexity index is 1240. The molecule has 0 bridgehead atoms. The number of nitrogens with zero attached hydrogens (tertiary/aromatic N) is 2. The topological polar surface area (TPSA) is 97.3 Å². The number of hydrogen-bond acceptors (Lipinski definition) is 6. The Kier molecular flexibility index (Phi) is 8.39. The first-order valence-electron chi connectivity index (χ1n) is 10.5. The fraction of sp³-hybridized carbons (Fsp3) is 0.200. The fourth-order valence-electron chi connectivity index (χ4n) is 3.25. The monoisotopic (exact) mass is 481 g/mol. The predicted molar refractivity (Wildman–Crippen MR) is 130 cm³/mol. The van der Waals surface area contributed by atoms with Crippen LogP contribution in [0, 0.1) is 6.92 Å². The molecule has 34 heavy (non-hydrogen) atoms. The Labute approximate surface area is 199 Å². The van der Waals surface area contributed by atoms with Gasteiger partial charge in [0, 0.05) is 12.1 Å². The maximum Gasteiger partial charge on any atom is 0.255 e. The number of carbonyl (C=O) groups is 1. The molecule has 0 aliphatic rings. The van der Waals surface area contributed by atoms with Crippen LogP contribution in [0.4, 0.5) is 0 Å². The van der Waals surface area contributed by atoms with Gasteiger partial charge in [-0.2, -0.15) is 9.41 Å². The molecule has 0 fully saturated rings. The summed E-state index contributed by atoms with van der Waals surface area (Å²) in [4.78, 5) is 12.8. The van der Waals surface area contributed by atoms with Crippen molar-refractivity contribution in [3.63, 3.8) is 0 Å². The van der Waals surface area contributed by atoms with E-state index in [2.05, 4.69) is 10.5 Å². The SMILES string of the molecule is COc1cccc(C=NNC(=O)CN(Cc2ccc(C)cc2)S(=O)(=O)c2ccccc2)c1OC. The van der Waals surface area contributed by atoms with Crippen molar-refractivity contribution in [2.45, 2.75) is 18.4 Å². The molecular weight excluding hydrogens is 454 g/mol. The van der Waals surface area contributed by atoms with Crippen LogP contribution in [0.3, 0.4) is 0 Å². The van der Waals surface area contributed by atoms with Crippen molar-refractivity contribution in [3.8, 4) is 11.5 Å². The number of amides is 1. The van der Waals surface area contributed by atoms with E-state index in [-0.39, 0.29) is 11.4 Å². The van der Waals surface area contributed by atoms with E-state index in [4.69, 9.17) is 9.47 Å². The molecule has 0 atom stereocenters. The van der Waals surface area contributed by atoms with E-state index in [1.54, 1.807) is 36.4 Å². The van der Waals surface area contributed by atoms with E-state index in [1.165, 1.54) is 32.6 Å². The van der Waals surface area contributed by atoms with Gasteiger partial charge in [0.1, 0.15) is 0 Å². The van der Waals surface area contributed by atoms with Gasteiger partial charge in [-0.15, -0.1) is 0 Å². The smallest absolute Gasteiger partial charge is 0.255 e. The number of sulfonamides is 1. The Morgan fingerprint density at radius 2 is 1.68 bits per heavy atom. The molecule has 178 valence electrons. The van der Waals surface area contributed by atoms with E-state index in [1.807, 2.05) is 31.2 Å². The van der Waals surface area contributed by atoms with E-state index in [0.717, 1.165) is 15.4 Å². The van der Waals surface area contributed by atoms with Crippen molar-refractivity contribution in [1.82, 2.24) is 9.73 Å². The number of methoxy groups -OCH3 is 2. The van der Waals surface area contributed by atoms with Gasteiger partial charge in [0.15, 0.2) is 11.5 Å². The number of ether oxygens (including phenoxy) is 2. The summed E-state index contributed by atoms with van der Waals surface area (Å²) in [5.74, 6) is 0.413. The van der Waals surface area contributed by atoms with Crippen LogP contribution in [0.25, 0.3) is 0 Å². The van der Waals surface area contributed by atoms with Gasteiger partial charge in [-0.05, 0) is 36.8 Å². The third-order valence-electron chi connectivity index (χ3n) is 5.01. The summed E-state index contributed by atoms with van der Waals surface area (Å²) in [6.07, 6.45) is 1.41. The molecule has 0 saturated heterocycles. The summed E-state index contributed by atoms with van der Waals surface area (Å²) in [5.41, 5.74) is 4.81. The zero-order chi connectivity index (χ0) is 24.6. The van der Waals surface area contributed by atoms with E-state index < -0.39 is 22.5 Å². The van der Waals surface area contributed by atoms with Gasteiger partial charge < -0.3 is 9.47 Å². The number of hydrogen-bond donors (Lipinski definition) is 1. The number of rotatable bonds is 10. The average molecular weight is 482 g/mol. The molecule has 0 aliphatic carbocycles. The van der Waals surface area contributed by atoms with Gasteiger partial charge in [0.05, 0.1) is 31.9 Å². The molecule has 0 unspecified atom stereocenters. The highest BCUT2D eigenvalue weighted by Crippen LogP contribution is 2.29. The minimum absolute atomic E-state index is 0.0400. The maximum absolute atomic E-state index is 13.3. The van der Waals surface area contributed by atoms with Crippen molar-refractivity contribution >= 4 is 22.1 Å². The maximum atomic E-state index is 13.3. The van der Waals surface area contributed by atoms with E-state index in [0.29, 0.717) is 17.1 Å². The third kappa shape index (κ3) is 6.21. The molecule has 9 heteroatoms. The van der Waals surface area contributed by atoms with Crippen LogP contribution in [0.15, 0.2) is 82.8 Å². The molecule has 0 spiro atoms. The normalized spacial score (nSPS) is 11.5. The molecule has 3 aromatic carbocycles. The Morgan fingerprint density at radius 1 is 0.971 bits per heavy atom. The van der Waals surface area contributed by atoms with Gasteiger partial charge in [-0.1, -0.05) is 54.1 Å². The van der Waals surface area contributed by atoms with Crippen LogP contribution in [-0.4, -0.2) is 45.6 Å². The Hall–Kier alpha value is -3.69. The lowest BCUT2D eigenvalue weighted by molar-refractivity contribution is -0.121. The fourth-order valence-corrected chi connectivity index (χ4v) is 4.65. The highest BCUT2D eigenvalue weighted by Gasteiger charge is 2.26. The van der Waals surface area contributed by atoms with Crippen molar-refractivity contribution in [3.05, 3.63) is 89.5 Å². The number of hydrazone groups is 1. The van der Waals surface area contributed by atoms with Crippen molar-refractivity contribution in [2.24, 2.45) is 5.10 Å². The van der Waals surface area contributed by atoms with Gasteiger partial charge in [0.2, 0.25) is 10.0 Å². The van der Waals surface area contributed by atoms with Gasteiger partial charge in [-0.3, -0.25) is 4.79 Å². The van der Waals surface area contributed by atoms with Crippen LogP contribution in [-0.2, 0) is 21.4 Å². The minimum Gasteiger partial charge on any atom is -0.493 e. The standard InChI is InChI=1S/C25H27N3O5S/c1-19-12-14-20(15-13-19)17-28(34(30,31)22-9-5-4-6-10-22)18-24(29)27-26-16-21-8-7-11-23(32-2)25(21)33-3/h4-16H,17-18H2,1-3H3,(H,27,29). The van der Waals surface area contributed by atoms with Gasteiger partial charge >= 0.3 is 0 Å². The van der Waals surface area contributed by atoms with Crippen molar-refractivity contribution in [1.29, 1.82) is 0 Å². The Balaban J connectivity index is 1.79. The summed E-state index contributed by atoms with van der Waals surface area (Å²) >= 11 is 0. The number of nitrogens with one attached hydrogen (secondary N) is 1. The van der Waals surface area contributed by atoms with Crippen LogP contribution in [0.1, 0.15) is 16.7 Å². The Morgan fingerprint density at radius 3 is 2.32 bits per heavy atom. The highest BCUT2D eigenvalue weighted by molar-refractivity contribution is 7.89. The first-order chi connectivity index (χ1) is 16.3. The molecule has 1 N–H and O–H groups in total. The minimum atomic E-state index is -3.92. The second-order valence-electron chi connectivity index (χ2n) is 7.45. The zero-order valence-electron chi connectivity index (χ0n) is 19.3.